The lowest BCUT2D eigenvalue weighted by atomic mass is 10.1. The zero-order valence-corrected chi connectivity index (χ0v) is 12.2. The van der Waals surface area contributed by atoms with Crippen molar-refractivity contribution < 1.29 is 14.7 Å². The van der Waals surface area contributed by atoms with Crippen LogP contribution in [0.5, 0.6) is 0 Å². The lowest BCUT2D eigenvalue weighted by Crippen LogP contribution is -2.41. The third kappa shape index (κ3) is 2.68. The van der Waals surface area contributed by atoms with E-state index in [1.54, 1.807) is 12.3 Å². The molecule has 1 amide bonds. The number of hydrogen-bond donors (Lipinski definition) is 1. The molecule has 114 valence electrons. The number of carbonyl (C=O) groups is 2. The number of nitrogens with zero attached hydrogens (tertiary/aromatic N) is 3. The summed E-state index contributed by atoms with van der Waals surface area (Å²) in [5.41, 5.74) is 0.164. The molecule has 2 saturated heterocycles. The van der Waals surface area contributed by atoms with Crippen LogP contribution >= 0.6 is 0 Å². The Hall–Kier alpha value is -1.82. The van der Waals surface area contributed by atoms with E-state index in [9.17, 15) is 9.59 Å². The van der Waals surface area contributed by atoms with Crippen molar-refractivity contribution in [1.29, 1.82) is 0 Å². The maximum Gasteiger partial charge on any atom is 0.352 e. The number of rotatable bonds is 3. The number of carboxylic acids is 1. The molecule has 6 nitrogen and oxygen atoms in total. The van der Waals surface area contributed by atoms with Crippen LogP contribution in [0.1, 0.15) is 29.8 Å². The highest BCUT2D eigenvalue weighted by Gasteiger charge is 2.35. The lowest BCUT2D eigenvalue weighted by molar-refractivity contribution is -0.132. The molecule has 1 N–H and O–H groups in total. The van der Waals surface area contributed by atoms with E-state index in [1.165, 1.54) is 17.1 Å². The summed E-state index contributed by atoms with van der Waals surface area (Å²) in [5, 5.41) is 9.09. The first kappa shape index (κ1) is 14.1. The molecule has 2 aliphatic rings. The Morgan fingerprint density at radius 2 is 2.05 bits per heavy atom. The van der Waals surface area contributed by atoms with Gasteiger partial charge in [-0.2, -0.15) is 0 Å². The van der Waals surface area contributed by atoms with Crippen LogP contribution in [0.15, 0.2) is 18.3 Å². The Morgan fingerprint density at radius 3 is 2.81 bits per heavy atom. The first-order chi connectivity index (χ1) is 10.1. The van der Waals surface area contributed by atoms with Gasteiger partial charge in [-0.05, 0) is 38.4 Å². The van der Waals surface area contributed by atoms with Gasteiger partial charge in [0, 0.05) is 31.4 Å². The highest BCUT2D eigenvalue weighted by atomic mass is 16.4. The van der Waals surface area contributed by atoms with E-state index in [0.717, 1.165) is 25.9 Å². The Bertz CT molecular complexity index is 554. The summed E-state index contributed by atoms with van der Waals surface area (Å²) < 4.78 is 1.51. The zero-order chi connectivity index (χ0) is 15.0. The Balaban J connectivity index is 1.68. The number of fused-ring (bicyclic) bond motifs is 2. The minimum absolute atomic E-state index is 0.00894. The largest absolute Gasteiger partial charge is 0.477 e. The molecule has 3 rings (SSSR count). The smallest absolute Gasteiger partial charge is 0.352 e. The predicted molar refractivity (Wildman–Crippen MR) is 77.2 cm³/mol. The predicted octanol–water partition coefficient (Wildman–Crippen LogP) is 0.881. The number of aromatic nitrogens is 1. The molecular weight excluding hydrogens is 270 g/mol. The molecule has 0 radical (unpaired) electrons. The normalized spacial score (nSPS) is 25.9. The molecule has 0 aromatic carbocycles. The second kappa shape index (κ2) is 5.52. The number of carbonyl (C=O) groups excluding carboxylic acids is 1. The van der Waals surface area contributed by atoms with Gasteiger partial charge in [-0.15, -0.1) is 0 Å². The summed E-state index contributed by atoms with van der Waals surface area (Å²) in [6, 6.07) is 4.22. The monoisotopic (exact) mass is 291 g/mol. The average Bonchev–Trinajstić information content (AvgIpc) is 2.95. The fraction of sp³-hybridized carbons (Fsp3) is 0.600. The van der Waals surface area contributed by atoms with E-state index < -0.39 is 5.97 Å². The van der Waals surface area contributed by atoms with Crippen LogP contribution in [0, 0.1) is 0 Å². The average molecular weight is 291 g/mol. The quantitative estimate of drug-likeness (QED) is 0.898. The van der Waals surface area contributed by atoms with Crippen LogP contribution in [0.3, 0.4) is 0 Å². The van der Waals surface area contributed by atoms with Gasteiger partial charge in [0.05, 0.1) is 0 Å². The number of amides is 1. The van der Waals surface area contributed by atoms with Crippen molar-refractivity contribution in [3.05, 3.63) is 24.0 Å². The fourth-order valence-electron chi connectivity index (χ4n) is 3.53. The molecular formula is C15H21N3O3. The van der Waals surface area contributed by atoms with Crippen LogP contribution in [0.4, 0.5) is 0 Å². The third-order valence-corrected chi connectivity index (χ3v) is 4.86. The van der Waals surface area contributed by atoms with Crippen LogP contribution in [-0.2, 0) is 11.3 Å². The maximum atomic E-state index is 12.5. The molecule has 0 saturated carbocycles. The Labute approximate surface area is 123 Å². The van der Waals surface area contributed by atoms with Gasteiger partial charge in [0.2, 0.25) is 5.91 Å². The molecule has 2 aliphatic heterocycles. The third-order valence-electron chi connectivity index (χ3n) is 4.86. The molecule has 0 aliphatic carbocycles. The van der Waals surface area contributed by atoms with E-state index in [4.69, 9.17) is 5.11 Å². The van der Waals surface area contributed by atoms with Gasteiger partial charge in [-0.1, -0.05) is 0 Å². The number of aromatic carboxylic acids is 1. The van der Waals surface area contributed by atoms with Crippen LogP contribution < -0.4 is 0 Å². The lowest BCUT2D eigenvalue weighted by Gasteiger charge is -2.26. The van der Waals surface area contributed by atoms with Crippen molar-refractivity contribution in [1.82, 2.24) is 14.4 Å². The minimum Gasteiger partial charge on any atom is -0.477 e. The number of carboxylic acid groups (broad SMARTS) is 1. The summed E-state index contributed by atoms with van der Waals surface area (Å²) in [5.74, 6) is -0.989. The van der Waals surface area contributed by atoms with Crippen molar-refractivity contribution in [3.63, 3.8) is 0 Å². The van der Waals surface area contributed by atoms with Crippen molar-refractivity contribution in [2.75, 3.05) is 20.1 Å². The number of hydrogen-bond acceptors (Lipinski definition) is 3. The zero-order valence-electron chi connectivity index (χ0n) is 12.2. The second-order valence-corrected chi connectivity index (χ2v) is 6.01. The summed E-state index contributed by atoms with van der Waals surface area (Å²) in [6.45, 7) is 1.64. The summed E-state index contributed by atoms with van der Waals surface area (Å²) in [7, 11) is 2.14. The Morgan fingerprint density at radius 1 is 1.29 bits per heavy atom. The molecule has 1 aromatic heterocycles. The summed E-state index contributed by atoms with van der Waals surface area (Å²) in [4.78, 5) is 27.8. The Kier molecular flexibility index (Phi) is 3.71. The van der Waals surface area contributed by atoms with Gasteiger partial charge in [-0.25, -0.2) is 4.79 Å². The van der Waals surface area contributed by atoms with Crippen molar-refractivity contribution in [3.8, 4) is 0 Å². The van der Waals surface area contributed by atoms with Crippen LogP contribution in [0.2, 0.25) is 0 Å². The molecule has 1 aromatic rings. The van der Waals surface area contributed by atoms with E-state index in [-0.39, 0.29) is 18.1 Å². The van der Waals surface area contributed by atoms with E-state index in [1.807, 2.05) is 4.90 Å². The van der Waals surface area contributed by atoms with Crippen LogP contribution in [-0.4, -0.2) is 63.6 Å². The van der Waals surface area contributed by atoms with Crippen molar-refractivity contribution in [2.24, 2.45) is 0 Å². The summed E-state index contributed by atoms with van der Waals surface area (Å²) >= 11 is 0. The highest BCUT2D eigenvalue weighted by Crippen LogP contribution is 2.28. The number of likely N-dealkylation sites (N-methyl/N-ethyl adjacent to an activating group) is 1. The molecule has 2 fully saturated rings. The van der Waals surface area contributed by atoms with Gasteiger partial charge in [0.25, 0.3) is 0 Å². The SMILES string of the molecule is CN1C2CCC1CN(C(=O)Cn1cccc1C(=O)O)CC2. The van der Waals surface area contributed by atoms with E-state index >= 15 is 0 Å². The molecule has 21 heavy (non-hydrogen) atoms. The number of likely N-dealkylation sites (tertiary alicyclic amines) is 1. The molecule has 2 bridgehead atoms. The van der Waals surface area contributed by atoms with Gasteiger partial charge < -0.3 is 14.6 Å². The molecule has 2 unspecified atom stereocenters. The molecule has 6 heteroatoms. The standard InChI is InChI=1S/C15H21N3O3/c1-16-11-4-5-12(16)9-18(8-6-11)14(19)10-17-7-2-3-13(17)15(20)21/h2-3,7,11-12H,4-6,8-10H2,1H3,(H,20,21). The summed E-state index contributed by atoms with van der Waals surface area (Å²) in [6.07, 6.45) is 5.03. The fourth-order valence-corrected chi connectivity index (χ4v) is 3.53. The van der Waals surface area contributed by atoms with E-state index in [2.05, 4.69) is 11.9 Å². The molecule has 2 atom stereocenters. The van der Waals surface area contributed by atoms with E-state index in [0.29, 0.717) is 12.1 Å². The molecule has 0 spiro atoms. The van der Waals surface area contributed by atoms with Gasteiger partial charge in [-0.3, -0.25) is 9.69 Å². The van der Waals surface area contributed by atoms with Gasteiger partial charge >= 0.3 is 5.97 Å². The van der Waals surface area contributed by atoms with Crippen molar-refractivity contribution in [2.45, 2.75) is 37.9 Å². The minimum atomic E-state index is -0.998. The first-order valence-electron chi connectivity index (χ1n) is 7.44. The second-order valence-electron chi connectivity index (χ2n) is 6.01. The van der Waals surface area contributed by atoms with Crippen molar-refractivity contribution >= 4 is 11.9 Å². The molecule has 3 heterocycles. The van der Waals surface area contributed by atoms with Gasteiger partial charge in [0.15, 0.2) is 0 Å². The highest BCUT2D eigenvalue weighted by molar-refractivity contribution is 5.86. The topological polar surface area (TPSA) is 65.8 Å². The first-order valence-corrected chi connectivity index (χ1v) is 7.44. The maximum absolute atomic E-state index is 12.5. The van der Waals surface area contributed by atoms with Crippen LogP contribution in [0.25, 0.3) is 0 Å². The van der Waals surface area contributed by atoms with Gasteiger partial charge in [0.1, 0.15) is 12.2 Å².